The highest BCUT2D eigenvalue weighted by atomic mass is 16.2. The highest BCUT2D eigenvalue weighted by molar-refractivity contribution is 5.81. The van der Waals surface area contributed by atoms with Crippen LogP contribution in [0, 0.1) is 0 Å². The van der Waals surface area contributed by atoms with Crippen molar-refractivity contribution in [3.8, 4) is 11.4 Å². The fourth-order valence-corrected chi connectivity index (χ4v) is 4.70. The molecular formula is C24H33N5O2. The summed E-state index contributed by atoms with van der Waals surface area (Å²) in [5, 5.41) is 0. The quantitative estimate of drug-likeness (QED) is 0.742. The first kappa shape index (κ1) is 21.6. The lowest BCUT2D eigenvalue weighted by atomic mass is 10.0. The van der Waals surface area contributed by atoms with Gasteiger partial charge in [0.15, 0.2) is 0 Å². The Bertz CT molecular complexity index is 888. The predicted molar refractivity (Wildman–Crippen MR) is 120 cm³/mol. The number of piperidine rings is 1. The monoisotopic (exact) mass is 423 g/mol. The molecular weight excluding hydrogens is 390 g/mol. The van der Waals surface area contributed by atoms with Crippen molar-refractivity contribution >= 4 is 11.8 Å². The molecule has 2 fully saturated rings. The Morgan fingerprint density at radius 2 is 1.81 bits per heavy atom. The van der Waals surface area contributed by atoms with Crippen molar-refractivity contribution in [2.24, 2.45) is 0 Å². The Morgan fingerprint density at radius 3 is 2.52 bits per heavy atom. The van der Waals surface area contributed by atoms with E-state index in [-0.39, 0.29) is 17.9 Å². The van der Waals surface area contributed by atoms with Gasteiger partial charge < -0.3 is 14.4 Å². The number of nitrogens with zero attached hydrogens (tertiary/aromatic N) is 5. The van der Waals surface area contributed by atoms with Gasteiger partial charge in [0.2, 0.25) is 11.8 Å². The van der Waals surface area contributed by atoms with Gasteiger partial charge in [0.1, 0.15) is 11.9 Å². The molecule has 0 bridgehead atoms. The molecule has 4 rings (SSSR count). The van der Waals surface area contributed by atoms with Crippen molar-refractivity contribution in [3.63, 3.8) is 0 Å². The highest BCUT2D eigenvalue weighted by Crippen LogP contribution is 2.23. The second-order valence-electron chi connectivity index (χ2n) is 8.73. The molecule has 2 amide bonds. The van der Waals surface area contributed by atoms with Crippen LogP contribution in [0.5, 0.6) is 0 Å². The fourth-order valence-electron chi connectivity index (χ4n) is 4.70. The summed E-state index contributed by atoms with van der Waals surface area (Å²) in [4.78, 5) is 36.5. The lowest BCUT2D eigenvalue weighted by molar-refractivity contribution is -0.138. The summed E-state index contributed by atoms with van der Waals surface area (Å²) in [7, 11) is 0. The van der Waals surface area contributed by atoms with Gasteiger partial charge in [-0.2, -0.15) is 0 Å². The summed E-state index contributed by atoms with van der Waals surface area (Å²) in [6.07, 6.45) is 7.05. The summed E-state index contributed by atoms with van der Waals surface area (Å²) in [5.74, 6) is 1.14. The van der Waals surface area contributed by atoms with Gasteiger partial charge in [-0.3, -0.25) is 14.5 Å². The number of rotatable bonds is 5. The third-order valence-corrected chi connectivity index (χ3v) is 6.64. The maximum atomic E-state index is 13.2. The molecule has 0 spiro atoms. The van der Waals surface area contributed by atoms with E-state index >= 15 is 0 Å². The molecule has 0 radical (unpaired) electrons. The van der Waals surface area contributed by atoms with E-state index < -0.39 is 0 Å². The largest absolute Gasteiger partial charge is 0.339 e. The molecule has 1 aromatic heterocycles. The Morgan fingerprint density at radius 1 is 1.06 bits per heavy atom. The summed E-state index contributed by atoms with van der Waals surface area (Å²) >= 11 is 0. The van der Waals surface area contributed by atoms with Crippen LogP contribution in [0.1, 0.15) is 39.2 Å². The van der Waals surface area contributed by atoms with E-state index in [4.69, 9.17) is 0 Å². The number of likely N-dealkylation sites (tertiary alicyclic amines) is 1. The predicted octanol–water partition coefficient (Wildman–Crippen LogP) is 2.66. The van der Waals surface area contributed by atoms with Gasteiger partial charge in [0, 0.05) is 56.7 Å². The summed E-state index contributed by atoms with van der Waals surface area (Å²) in [5.41, 5.74) is 1.00. The molecule has 2 saturated heterocycles. The van der Waals surface area contributed by atoms with E-state index in [0.29, 0.717) is 25.7 Å². The van der Waals surface area contributed by atoms with Crippen LogP contribution in [0.3, 0.4) is 0 Å². The van der Waals surface area contributed by atoms with Crippen LogP contribution in [0.25, 0.3) is 11.4 Å². The Hall–Kier alpha value is -2.67. The molecule has 31 heavy (non-hydrogen) atoms. The van der Waals surface area contributed by atoms with Gasteiger partial charge in [0.25, 0.3) is 0 Å². The van der Waals surface area contributed by atoms with Crippen molar-refractivity contribution in [1.82, 2.24) is 24.3 Å². The molecule has 2 aromatic rings. The van der Waals surface area contributed by atoms with Crippen molar-refractivity contribution in [3.05, 3.63) is 42.7 Å². The van der Waals surface area contributed by atoms with Gasteiger partial charge in [-0.05, 0) is 33.1 Å². The Balaban J connectivity index is 1.32. The van der Waals surface area contributed by atoms with Crippen molar-refractivity contribution < 1.29 is 9.59 Å². The van der Waals surface area contributed by atoms with Gasteiger partial charge in [-0.15, -0.1) is 0 Å². The first-order valence-corrected chi connectivity index (χ1v) is 11.4. The number of aromatic nitrogens is 2. The highest BCUT2D eigenvalue weighted by Gasteiger charge is 2.29. The average Bonchev–Trinajstić information content (AvgIpc) is 3.29. The number of amides is 2. The average molecular weight is 424 g/mol. The summed E-state index contributed by atoms with van der Waals surface area (Å²) < 4.78 is 1.95. The van der Waals surface area contributed by atoms with Crippen molar-refractivity contribution in [2.45, 2.75) is 45.2 Å². The van der Waals surface area contributed by atoms with Gasteiger partial charge in [-0.1, -0.05) is 30.3 Å². The summed E-state index contributed by atoms with van der Waals surface area (Å²) in [6.45, 7) is 8.21. The summed E-state index contributed by atoms with van der Waals surface area (Å²) in [6, 6.07) is 9.97. The minimum atomic E-state index is -0.319. The van der Waals surface area contributed by atoms with Crippen LogP contribution < -0.4 is 0 Å². The molecule has 0 saturated carbocycles. The van der Waals surface area contributed by atoms with Crippen LogP contribution in [0.15, 0.2) is 42.7 Å². The van der Waals surface area contributed by atoms with E-state index in [1.54, 1.807) is 6.20 Å². The standard InChI is InChI=1S/C24H33N5O2/c1-19-8-6-7-12-28(19)22(30)18-26-14-16-27(17-15-26)24(31)20(2)29-13-11-25-23(29)21-9-4-3-5-10-21/h3-5,9-11,13,19-20H,6-8,12,14-18H2,1-2H3. The minimum absolute atomic E-state index is 0.103. The number of imidazole rings is 1. The van der Waals surface area contributed by atoms with E-state index in [1.165, 1.54) is 6.42 Å². The number of hydrogen-bond acceptors (Lipinski definition) is 4. The number of hydrogen-bond donors (Lipinski definition) is 0. The smallest absolute Gasteiger partial charge is 0.245 e. The molecule has 1 aromatic carbocycles. The van der Waals surface area contributed by atoms with E-state index in [9.17, 15) is 9.59 Å². The molecule has 0 aliphatic carbocycles. The lowest BCUT2D eigenvalue weighted by Gasteiger charge is -2.38. The zero-order valence-electron chi connectivity index (χ0n) is 18.6. The number of benzene rings is 1. The van der Waals surface area contributed by atoms with Crippen LogP contribution in [0.4, 0.5) is 0 Å². The maximum absolute atomic E-state index is 13.2. The zero-order chi connectivity index (χ0) is 21.8. The number of piperazine rings is 1. The van der Waals surface area contributed by atoms with Gasteiger partial charge in [0.05, 0.1) is 6.54 Å². The zero-order valence-corrected chi connectivity index (χ0v) is 18.6. The van der Waals surface area contributed by atoms with Crippen molar-refractivity contribution in [2.75, 3.05) is 39.3 Å². The molecule has 0 N–H and O–H groups in total. The Kier molecular flexibility index (Phi) is 6.70. The topological polar surface area (TPSA) is 61.7 Å². The van der Waals surface area contributed by atoms with E-state index in [1.807, 2.05) is 57.8 Å². The minimum Gasteiger partial charge on any atom is -0.339 e. The molecule has 166 valence electrons. The molecule has 3 heterocycles. The molecule has 2 atom stereocenters. The third-order valence-electron chi connectivity index (χ3n) is 6.64. The molecule has 7 nitrogen and oxygen atoms in total. The normalized spacial score (nSPS) is 21.2. The Labute approximate surface area is 184 Å². The fraction of sp³-hybridized carbons (Fsp3) is 0.542. The van der Waals surface area contributed by atoms with E-state index in [2.05, 4.69) is 16.8 Å². The van der Waals surface area contributed by atoms with Crippen LogP contribution in [0.2, 0.25) is 0 Å². The van der Waals surface area contributed by atoms with Crippen LogP contribution >= 0.6 is 0 Å². The maximum Gasteiger partial charge on any atom is 0.245 e. The SMILES string of the molecule is CC1CCCCN1C(=O)CN1CCN(C(=O)C(C)n2ccnc2-c2ccccc2)CC1. The number of carbonyl (C=O) groups is 2. The molecule has 2 aliphatic heterocycles. The van der Waals surface area contributed by atoms with E-state index in [0.717, 1.165) is 43.9 Å². The first-order chi connectivity index (χ1) is 15.0. The third kappa shape index (κ3) is 4.82. The van der Waals surface area contributed by atoms with Gasteiger partial charge >= 0.3 is 0 Å². The number of carbonyl (C=O) groups excluding carboxylic acids is 2. The van der Waals surface area contributed by atoms with Crippen LogP contribution in [-0.2, 0) is 9.59 Å². The molecule has 2 unspecified atom stereocenters. The lowest BCUT2D eigenvalue weighted by Crippen LogP contribution is -2.53. The molecule has 2 aliphatic rings. The second kappa shape index (κ2) is 9.64. The first-order valence-electron chi connectivity index (χ1n) is 11.4. The second-order valence-corrected chi connectivity index (χ2v) is 8.73. The van der Waals surface area contributed by atoms with Crippen LogP contribution in [-0.4, -0.2) is 81.4 Å². The van der Waals surface area contributed by atoms with Gasteiger partial charge in [-0.25, -0.2) is 4.98 Å². The van der Waals surface area contributed by atoms with Crippen molar-refractivity contribution in [1.29, 1.82) is 0 Å². The molecule has 7 heteroatoms.